The predicted molar refractivity (Wildman–Crippen MR) is 79.3 cm³/mol. The summed E-state index contributed by atoms with van der Waals surface area (Å²) in [6.07, 6.45) is 4.45. The Bertz CT molecular complexity index is 484. The smallest absolute Gasteiger partial charge is 0.271 e. The van der Waals surface area contributed by atoms with E-state index >= 15 is 0 Å². The number of nitrogens with zero attached hydrogens (tertiary/aromatic N) is 1. The molecule has 1 aliphatic carbocycles. The lowest BCUT2D eigenvalue weighted by atomic mass is 9.79. The number of ether oxygens (including phenoxy) is 1. The van der Waals surface area contributed by atoms with Crippen LogP contribution in [-0.4, -0.2) is 49.5 Å². The van der Waals surface area contributed by atoms with E-state index in [0.717, 1.165) is 31.6 Å². The number of hydrogen-bond acceptors (Lipinski definition) is 4. The Morgan fingerprint density at radius 2 is 2.24 bits per heavy atom. The Kier molecular flexibility index (Phi) is 4.26. The molecule has 2 aliphatic rings. The molecule has 0 radical (unpaired) electrons. The second kappa shape index (κ2) is 6.15. The van der Waals surface area contributed by atoms with Gasteiger partial charge in [-0.1, -0.05) is 0 Å². The Balaban J connectivity index is 1.57. The van der Waals surface area contributed by atoms with E-state index in [1.807, 2.05) is 6.07 Å². The van der Waals surface area contributed by atoms with E-state index in [2.05, 4.69) is 20.8 Å². The average molecular weight is 292 g/mol. The minimum atomic E-state index is -0.0906. The summed E-state index contributed by atoms with van der Waals surface area (Å²) in [6, 6.07) is 1.89. The summed E-state index contributed by atoms with van der Waals surface area (Å²) in [7, 11) is 1.72. The van der Waals surface area contributed by atoms with Gasteiger partial charge in [0, 0.05) is 30.7 Å². The molecule has 0 atom stereocenters. The van der Waals surface area contributed by atoms with E-state index in [9.17, 15) is 4.79 Å². The fraction of sp³-hybridized carbons (Fsp3) is 0.733. The van der Waals surface area contributed by atoms with E-state index < -0.39 is 0 Å². The summed E-state index contributed by atoms with van der Waals surface area (Å²) in [5, 5.41) is 13.5. The molecule has 3 N–H and O–H groups in total. The highest BCUT2D eigenvalue weighted by Gasteiger charge is 2.33. The van der Waals surface area contributed by atoms with Gasteiger partial charge in [0.05, 0.1) is 6.61 Å². The van der Waals surface area contributed by atoms with Crippen molar-refractivity contribution in [2.45, 2.75) is 31.6 Å². The summed E-state index contributed by atoms with van der Waals surface area (Å²) in [5.74, 6) is 0.496. The second-order valence-electron chi connectivity index (χ2n) is 6.35. The summed E-state index contributed by atoms with van der Waals surface area (Å²) >= 11 is 0. The maximum absolute atomic E-state index is 12.2. The van der Waals surface area contributed by atoms with Crippen LogP contribution in [0.1, 0.15) is 47.8 Å². The molecule has 0 aromatic carbocycles. The molecule has 2 heterocycles. The molecule has 3 rings (SSSR count). The molecule has 1 amide bonds. The number of aromatic amines is 1. The highest BCUT2D eigenvalue weighted by molar-refractivity contribution is 5.92. The third kappa shape index (κ3) is 3.44. The molecule has 6 nitrogen and oxygen atoms in total. The lowest BCUT2D eigenvalue weighted by Gasteiger charge is -2.37. The number of amides is 1. The fourth-order valence-electron chi connectivity index (χ4n) is 3.05. The molecule has 1 saturated carbocycles. The molecule has 2 fully saturated rings. The summed E-state index contributed by atoms with van der Waals surface area (Å²) in [6.45, 7) is 3.29. The average Bonchev–Trinajstić information content (AvgIpc) is 3.24. The van der Waals surface area contributed by atoms with Crippen LogP contribution in [0.25, 0.3) is 0 Å². The molecule has 21 heavy (non-hydrogen) atoms. The van der Waals surface area contributed by atoms with Crippen molar-refractivity contribution in [3.63, 3.8) is 0 Å². The first-order valence-electron chi connectivity index (χ1n) is 7.76. The number of nitrogens with one attached hydrogen (secondary N) is 3. The van der Waals surface area contributed by atoms with Crippen molar-refractivity contribution in [3.8, 4) is 0 Å². The zero-order valence-corrected chi connectivity index (χ0v) is 12.6. The third-order valence-corrected chi connectivity index (χ3v) is 4.59. The van der Waals surface area contributed by atoms with Crippen molar-refractivity contribution >= 4 is 5.91 Å². The first-order valence-corrected chi connectivity index (χ1v) is 7.76. The van der Waals surface area contributed by atoms with Gasteiger partial charge in [0.25, 0.3) is 5.91 Å². The predicted octanol–water partition coefficient (Wildman–Crippen LogP) is 1.03. The zero-order chi connectivity index (χ0) is 14.7. The van der Waals surface area contributed by atoms with Crippen molar-refractivity contribution < 1.29 is 9.53 Å². The molecule has 1 aromatic heterocycles. The molecule has 0 bridgehead atoms. The van der Waals surface area contributed by atoms with Gasteiger partial charge < -0.3 is 15.4 Å². The van der Waals surface area contributed by atoms with Crippen LogP contribution >= 0.6 is 0 Å². The van der Waals surface area contributed by atoms with E-state index in [4.69, 9.17) is 4.74 Å². The normalized spacial score (nSPS) is 21.2. The quantitative estimate of drug-likeness (QED) is 0.732. The molecule has 1 saturated heterocycles. The van der Waals surface area contributed by atoms with Gasteiger partial charge >= 0.3 is 0 Å². The number of carbonyl (C=O) groups is 1. The largest absolute Gasteiger partial charge is 0.384 e. The lowest BCUT2D eigenvalue weighted by molar-refractivity contribution is 0.0510. The Hall–Kier alpha value is -1.40. The molecule has 0 spiro atoms. The monoisotopic (exact) mass is 292 g/mol. The summed E-state index contributed by atoms with van der Waals surface area (Å²) < 4.78 is 5.37. The van der Waals surface area contributed by atoms with Gasteiger partial charge in [0.2, 0.25) is 0 Å². The Morgan fingerprint density at radius 3 is 2.90 bits per heavy atom. The molecule has 1 aliphatic heterocycles. The van der Waals surface area contributed by atoms with Crippen molar-refractivity contribution in [2.75, 3.05) is 33.4 Å². The van der Waals surface area contributed by atoms with Crippen LogP contribution < -0.4 is 10.6 Å². The lowest BCUT2D eigenvalue weighted by Crippen LogP contribution is -2.47. The highest BCUT2D eigenvalue weighted by Crippen LogP contribution is 2.39. The number of piperidine rings is 1. The van der Waals surface area contributed by atoms with Gasteiger partial charge in [-0.05, 0) is 44.8 Å². The molecule has 1 aromatic rings. The van der Waals surface area contributed by atoms with E-state index in [1.165, 1.54) is 12.8 Å². The maximum Gasteiger partial charge on any atom is 0.271 e. The van der Waals surface area contributed by atoms with Crippen LogP contribution in [-0.2, 0) is 4.74 Å². The summed E-state index contributed by atoms with van der Waals surface area (Å²) in [5.41, 5.74) is 1.64. The first-order chi connectivity index (χ1) is 10.2. The molecular formula is C15H24N4O2. The van der Waals surface area contributed by atoms with Gasteiger partial charge in [-0.3, -0.25) is 9.89 Å². The van der Waals surface area contributed by atoms with Gasteiger partial charge in [0.1, 0.15) is 5.69 Å². The molecule has 116 valence electrons. The summed E-state index contributed by atoms with van der Waals surface area (Å²) in [4.78, 5) is 12.2. The van der Waals surface area contributed by atoms with Crippen LogP contribution in [0.5, 0.6) is 0 Å². The Morgan fingerprint density at radius 1 is 1.48 bits per heavy atom. The second-order valence-corrected chi connectivity index (χ2v) is 6.35. The number of aromatic nitrogens is 2. The first kappa shape index (κ1) is 14.5. The van der Waals surface area contributed by atoms with Crippen LogP contribution in [0.15, 0.2) is 6.07 Å². The van der Waals surface area contributed by atoms with E-state index in [0.29, 0.717) is 24.8 Å². The van der Waals surface area contributed by atoms with Crippen LogP contribution in [0.2, 0.25) is 0 Å². The van der Waals surface area contributed by atoms with Crippen molar-refractivity contribution in [2.24, 2.45) is 5.41 Å². The molecule has 0 unspecified atom stereocenters. The highest BCUT2D eigenvalue weighted by atomic mass is 16.5. The third-order valence-electron chi connectivity index (χ3n) is 4.59. The van der Waals surface area contributed by atoms with Crippen molar-refractivity contribution in [1.82, 2.24) is 20.8 Å². The van der Waals surface area contributed by atoms with Gasteiger partial charge in [0.15, 0.2) is 0 Å². The van der Waals surface area contributed by atoms with Crippen LogP contribution in [0.3, 0.4) is 0 Å². The molecule has 6 heteroatoms. The minimum absolute atomic E-state index is 0.0469. The topological polar surface area (TPSA) is 79.0 Å². The minimum Gasteiger partial charge on any atom is -0.384 e. The number of carbonyl (C=O) groups excluding carboxylic acids is 1. The molecular weight excluding hydrogens is 268 g/mol. The van der Waals surface area contributed by atoms with Crippen LogP contribution in [0, 0.1) is 5.41 Å². The van der Waals surface area contributed by atoms with Crippen molar-refractivity contribution in [3.05, 3.63) is 17.5 Å². The van der Waals surface area contributed by atoms with Gasteiger partial charge in [-0.15, -0.1) is 0 Å². The fourth-order valence-corrected chi connectivity index (χ4v) is 3.05. The van der Waals surface area contributed by atoms with Gasteiger partial charge in [-0.2, -0.15) is 5.10 Å². The number of hydrogen-bond donors (Lipinski definition) is 3. The maximum atomic E-state index is 12.2. The number of rotatable bonds is 6. The number of H-pyrrole nitrogens is 1. The van der Waals surface area contributed by atoms with E-state index in [-0.39, 0.29) is 11.3 Å². The zero-order valence-electron chi connectivity index (χ0n) is 12.6. The Labute approximate surface area is 125 Å². The van der Waals surface area contributed by atoms with Crippen molar-refractivity contribution in [1.29, 1.82) is 0 Å². The number of methoxy groups -OCH3 is 1. The van der Waals surface area contributed by atoms with Crippen LogP contribution in [0.4, 0.5) is 0 Å². The van der Waals surface area contributed by atoms with E-state index in [1.54, 1.807) is 7.11 Å². The van der Waals surface area contributed by atoms with Gasteiger partial charge in [-0.25, -0.2) is 0 Å². The standard InChI is InChI=1S/C15H24N4O2/c1-21-10-15(4-6-16-7-5-15)9-17-14(20)13-8-12(18-19-13)11-2-3-11/h8,11,16H,2-7,9-10H2,1H3,(H,17,20)(H,18,19). The SMILES string of the molecule is COCC1(CNC(=O)c2cc(C3CC3)[nH]n2)CCNCC1.